The average Bonchev–Trinajstić information content (AvgIpc) is 3.41. The fraction of sp³-hybridized carbons (Fsp3) is 0.0870. The van der Waals surface area contributed by atoms with Crippen LogP contribution in [0.1, 0.15) is 16.9 Å². The zero-order chi connectivity index (χ0) is 22.5. The van der Waals surface area contributed by atoms with Crippen molar-refractivity contribution in [3.8, 4) is 11.5 Å². The Bertz CT molecular complexity index is 1220. The van der Waals surface area contributed by atoms with Crippen LogP contribution in [0.5, 0.6) is 11.5 Å². The van der Waals surface area contributed by atoms with Crippen molar-refractivity contribution in [1.82, 2.24) is 4.90 Å². The number of carbonyl (C=O) groups excluding carboxylic acids is 1. The quantitative estimate of drug-likeness (QED) is 0.277. The number of benzene rings is 2. The summed E-state index contributed by atoms with van der Waals surface area (Å²) in [6.45, 7) is 0.212. The highest BCUT2D eigenvalue weighted by Gasteiger charge is 2.34. The van der Waals surface area contributed by atoms with Gasteiger partial charge in [-0.1, -0.05) is 28.1 Å². The van der Waals surface area contributed by atoms with E-state index in [1.54, 1.807) is 56.0 Å². The summed E-state index contributed by atoms with van der Waals surface area (Å²) >= 11 is 4.56. The normalized spacial score (nSPS) is 16.6. The van der Waals surface area contributed by atoms with Crippen LogP contribution in [0.25, 0.3) is 6.08 Å². The monoisotopic (exact) mass is 511 g/mol. The van der Waals surface area contributed by atoms with Crippen molar-refractivity contribution in [1.29, 1.82) is 0 Å². The lowest BCUT2D eigenvalue weighted by Gasteiger charge is -2.12. The van der Waals surface area contributed by atoms with Crippen LogP contribution < -0.4 is 4.74 Å². The number of aromatic hydroxyl groups is 1. The zero-order valence-electron chi connectivity index (χ0n) is 16.9. The van der Waals surface area contributed by atoms with Gasteiger partial charge in [-0.05, 0) is 60.3 Å². The molecule has 1 saturated heterocycles. The van der Waals surface area contributed by atoms with Gasteiger partial charge in [0.1, 0.15) is 17.3 Å². The smallest absolute Gasteiger partial charge is 0.267 e. The van der Waals surface area contributed by atoms with Crippen molar-refractivity contribution in [2.75, 3.05) is 7.11 Å². The standard InChI is InChI=1S/C23H18BrN3O4S/c1-30-20-7-3-2-5-15(20)13-25-26-23-27(14-18-6-4-10-31-18)22(29)21(32-23)12-16-11-17(24)8-9-19(16)28/h2-13,28H,14H2,1H3/b21-12-,25-13-,26-23+. The van der Waals surface area contributed by atoms with Crippen LogP contribution in [-0.2, 0) is 11.3 Å². The molecular formula is C23H18BrN3O4S. The van der Waals surface area contributed by atoms with E-state index in [2.05, 4.69) is 26.1 Å². The maximum absolute atomic E-state index is 13.1. The average molecular weight is 512 g/mol. The van der Waals surface area contributed by atoms with Crippen molar-refractivity contribution in [3.63, 3.8) is 0 Å². The lowest BCUT2D eigenvalue weighted by atomic mass is 10.2. The first-order valence-electron chi connectivity index (χ1n) is 9.51. The second-order valence-electron chi connectivity index (χ2n) is 6.65. The number of phenolic OH excluding ortho intramolecular Hbond substituents is 1. The van der Waals surface area contributed by atoms with Crippen molar-refractivity contribution >= 4 is 51.1 Å². The van der Waals surface area contributed by atoms with Crippen LogP contribution in [0.15, 0.2) is 84.9 Å². The van der Waals surface area contributed by atoms with Gasteiger partial charge >= 0.3 is 0 Å². The third-order valence-electron chi connectivity index (χ3n) is 4.54. The van der Waals surface area contributed by atoms with Crippen LogP contribution in [-0.4, -0.2) is 34.4 Å². The van der Waals surface area contributed by atoms with Gasteiger partial charge < -0.3 is 14.3 Å². The molecule has 162 valence electrons. The SMILES string of the molecule is COc1ccccc1/C=N\N=C1\S/C(=C\c2cc(Br)ccc2O)C(=O)N1Cc1ccco1. The Hall–Kier alpha value is -3.30. The number of amides is 1. The Morgan fingerprint density at radius 1 is 1.19 bits per heavy atom. The van der Waals surface area contributed by atoms with Gasteiger partial charge in [0.15, 0.2) is 5.17 Å². The number of thioether (sulfide) groups is 1. The molecule has 1 fully saturated rings. The van der Waals surface area contributed by atoms with E-state index in [0.29, 0.717) is 27.1 Å². The summed E-state index contributed by atoms with van der Waals surface area (Å²) in [4.78, 5) is 15.0. The molecule has 0 spiro atoms. The molecule has 2 aromatic carbocycles. The topological polar surface area (TPSA) is 87.6 Å². The number of ether oxygens (including phenoxy) is 1. The Balaban J connectivity index is 1.66. The Morgan fingerprint density at radius 2 is 2.03 bits per heavy atom. The minimum Gasteiger partial charge on any atom is -0.507 e. The fourth-order valence-electron chi connectivity index (χ4n) is 2.98. The molecule has 0 bridgehead atoms. The summed E-state index contributed by atoms with van der Waals surface area (Å²) < 4.78 is 11.5. The maximum atomic E-state index is 13.1. The Morgan fingerprint density at radius 3 is 2.81 bits per heavy atom. The molecule has 3 aromatic rings. The van der Waals surface area contributed by atoms with Crippen LogP contribution in [0, 0.1) is 0 Å². The molecule has 1 N–H and O–H groups in total. The van der Waals surface area contributed by atoms with Crippen LogP contribution >= 0.6 is 27.7 Å². The van der Waals surface area contributed by atoms with E-state index in [9.17, 15) is 9.90 Å². The number of methoxy groups -OCH3 is 1. The fourth-order valence-corrected chi connectivity index (χ4v) is 4.28. The molecule has 1 aliphatic rings. The summed E-state index contributed by atoms with van der Waals surface area (Å²) in [5, 5.41) is 19.0. The molecule has 0 aliphatic carbocycles. The van der Waals surface area contributed by atoms with Crippen molar-refractivity contribution in [3.05, 3.63) is 87.1 Å². The number of hydrogen-bond acceptors (Lipinski definition) is 7. The molecule has 7 nitrogen and oxygen atoms in total. The number of amidine groups is 1. The minimum atomic E-state index is -0.253. The van der Waals surface area contributed by atoms with Crippen LogP contribution in [0.2, 0.25) is 0 Å². The second kappa shape index (κ2) is 9.88. The summed E-state index contributed by atoms with van der Waals surface area (Å²) in [5.41, 5.74) is 1.29. The van der Waals surface area contributed by atoms with Crippen LogP contribution in [0.3, 0.4) is 0 Å². The molecule has 2 heterocycles. The van der Waals surface area contributed by atoms with E-state index >= 15 is 0 Å². The van der Waals surface area contributed by atoms with E-state index in [4.69, 9.17) is 9.15 Å². The number of phenols is 1. The van der Waals surface area contributed by atoms with E-state index < -0.39 is 0 Å². The predicted octanol–water partition coefficient (Wildman–Crippen LogP) is 5.26. The lowest BCUT2D eigenvalue weighted by molar-refractivity contribution is -0.122. The highest BCUT2D eigenvalue weighted by molar-refractivity contribution is 9.10. The molecule has 1 amide bonds. The Kier molecular flexibility index (Phi) is 6.77. The van der Waals surface area contributed by atoms with Crippen LogP contribution in [0.4, 0.5) is 0 Å². The van der Waals surface area contributed by atoms with Crippen molar-refractivity contribution in [2.24, 2.45) is 10.2 Å². The van der Waals surface area contributed by atoms with Gasteiger partial charge in [0.25, 0.3) is 5.91 Å². The molecule has 32 heavy (non-hydrogen) atoms. The van der Waals surface area contributed by atoms with E-state index in [1.165, 1.54) is 16.7 Å². The minimum absolute atomic E-state index is 0.0752. The second-order valence-corrected chi connectivity index (χ2v) is 8.58. The first kappa shape index (κ1) is 21.9. The lowest BCUT2D eigenvalue weighted by Crippen LogP contribution is -2.28. The van der Waals surface area contributed by atoms with Crippen molar-refractivity contribution < 1.29 is 19.1 Å². The molecular weight excluding hydrogens is 494 g/mol. The number of hydrogen-bond donors (Lipinski definition) is 1. The van der Waals surface area contributed by atoms with Crippen molar-refractivity contribution in [2.45, 2.75) is 6.54 Å². The highest BCUT2D eigenvalue weighted by atomic mass is 79.9. The molecule has 0 radical (unpaired) electrons. The molecule has 9 heteroatoms. The largest absolute Gasteiger partial charge is 0.507 e. The van der Waals surface area contributed by atoms with Gasteiger partial charge in [-0.3, -0.25) is 9.69 Å². The first-order valence-corrected chi connectivity index (χ1v) is 11.1. The van der Waals surface area contributed by atoms with Gasteiger partial charge in [-0.15, -0.1) is 5.10 Å². The summed E-state index contributed by atoms with van der Waals surface area (Å²) in [7, 11) is 1.59. The number of nitrogens with zero attached hydrogens (tertiary/aromatic N) is 3. The molecule has 0 unspecified atom stereocenters. The number of rotatable bonds is 6. The van der Waals surface area contributed by atoms with E-state index in [-0.39, 0.29) is 18.2 Å². The molecule has 0 atom stereocenters. The molecule has 4 rings (SSSR count). The van der Waals surface area contributed by atoms with Gasteiger partial charge in [0.2, 0.25) is 0 Å². The number of carbonyl (C=O) groups is 1. The summed E-state index contributed by atoms with van der Waals surface area (Å²) in [5.74, 6) is 1.11. The van der Waals surface area contributed by atoms with Gasteiger partial charge in [-0.2, -0.15) is 5.10 Å². The van der Waals surface area contributed by atoms with Gasteiger partial charge in [-0.25, -0.2) is 0 Å². The molecule has 1 aromatic heterocycles. The van der Waals surface area contributed by atoms with Gasteiger partial charge in [0.05, 0.1) is 31.0 Å². The number of halogens is 1. The predicted molar refractivity (Wildman–Crippen MR) is 129 cm³/mol. The Labute approximate surface area is 197 Å². The number of para-hydroxylation sites is 1. The summed E-state index contributed by atoms with van der Waals surface area (Å²) in [6.07, 6.45) is 4.76. The zero-order valence-corrected chi connectivity index (χ0v) is 19.3. The molecule has 0 saturated carbocycles. The highest BCUT2D eigenvalue weighted by Crippen LogP contribution is 2.35. The van der Waals surface area contributed by atoms with E-state index in [0.717, 1.165) is 10.0 Å². The maximum Gasteiger partial charge on any atom is 0.267 e. The third kappa shape index (κ3) is 4.95. The first-order chi connectivity index (χ1) is 15.5. The summed E-state index contributed by atoms with van der Waals surface area (Å²) in [6, 6.07) is 16.0. The van der Waals surface area contributed by atoms with Gasteiger partial charge in [0, 0.05) is 15.6 Å². The molecule has 1 aliphatic heterocycles. The number of furan rings is 1. The third-order valence-corrected chi connectivity index (χ3v) is 6.03. The van der Waals surface area contributed by atoms with E-state index in [1.807, 2.05) is 24.3 Å².